The highest BCUT2D eigenvalue weighted by molar-refractivity contribution is 5.80. The van der Waals surface area contributed by atoms with Crippen LogP contribution in [0.1, 0.15) is 0 Å². The number of aliphatic carboxylic acids is 1. The lowest BCUT2D eigenvalue weighted by atomic mass is 10.1. The molecule has 1 aliphatic rings. The zero-order chi connectivity index (χ0) is 13.0. The molecule has 1 aliphatic heterocycles. The number of carboxylic acid groups (broad SMARTS) is 1. The Bertz CT molecular complexity index is 294. The number of nitrogens with zero attached hydrogens (tertiary/aromatic N) is 3. The third kappa shape index (κ3) is 4.32. The second-order valence-electron chi connectivity index (χ2n) is 4.85. The van der Waals surface area contributed by atoms with E-state index < -0.39 is 11.9 Å². The quantitative estimate of drug-likeness (QED) is 0.688. The summed E-state index contributed by atoms with van der Waals surface area (Å²) < 4.78 is 0. The number of rotatable bonds is 4. The molecular weight excluding hydrogens is 222 g/mol. The Hall–Kier alpha value is -1.14. The Morgan fingerprint density at radius 3 is 2.65 bits per heavy atom. The Morgan fingerprint density at radius 1 is 1.47 bits per heavy atom. The van der Waals surface area contributed by atoms with E-state index in [0.29, 0.717) is 19.6 Å². The second kappa shape index (κ2) is 5.97. The first-order chi connectivity index (χ1) is 7.90. The summed E-state index contributed by atoms with van der Waals surface area (Å²) in [5.74, 6) is -1.33. The van der Waals surface area contributed by atoms with Gasteiger partial charge >= 0.3 is 5.97 Å². The zero-order valence-corrected chi connectivity index (χ0v) is 10.7. The van der Waals surface area contributed by atoms with Gasteiger partial charge in [0.15, 0.2) is 0 Å². The lowest BCUT2D eigenvalue weighted by Crippen LogP contribution is -2.38. The smallest absolute Gasteiger partial charge is 0.309 e. The fraction of sp³-hybridized carbons (Fsp3) is 0.818. The van der Waals surface area contributed by atoms with Gasteiger partial charge < -0.3 is 14.9 Å². The number of hydrogen-bond acceptors (Lipinski definition) is 4. The number of carbonyl (C=O) groups excluding carboxylic acids is 1. The lowest BCUT2D eigenvalue weighted by molar-refractivity contribution is -0.142. The zero-order valence-electron chi connectivity index (χ0n) is 10.7. The Kier molecular flexibility index (Phi) is 4.89. The van der Waals surface area contributed by atoms with Gasteiger partial charge in [-0.3, -0.25) is 14.5 Å². The van der Waals surface area contributed by atoms with Gasteiger partial charge in [-0.25, -0.2) is 0 Å². The van der Waals surface area contributed by atoms with Crippen LogP contribution in [0, 0.1) is 5.92 Å². The van der Waals surface area contributed by atoms with Gasteiger partial charge in [0, 0.05) is 33.2 Å². The third-order valence-corrected chi connectivity index (χ3v) is 2.97. The van der Waals surface area contributed by atoms with Crippen molar-refractivity contribution in [3.63, 3.8) is 0 Å². The van der Waals surface area contributed by atoms with E-state index in [-0.39, 0.29) is 5.91 Å². The van der Waals surface area contributed by atoms with E-state index >= 15 is 0 Å². The molecule has 1 saturated heterocycles. The molecule has 0 aliphatic carbocycles. The predicted octanol–water partition coefficient (Wildman–Crippen LogP) is -0.977. The number of carboxylic acids is 1. The number of likely N-dealkylation sites (N-methyl/N-ethyl adjacent to an activating group) is 2. The summed E-state index contributed by atoms with van der Waals surface area (Å²) in [6, 6.07) is 0. The van der Waals surface area contributed by atoms with Crippen molar-refractivity contribution in [2.45, 2.75) is 0 Å². The maximum Gasteiger partial charge on any atom is 0.309 e. The maximum absolute atomic E-state index is 11.7. The molecule has 1 atom stereocenters. The van der Waals surface area contributed by atoms with E-state index in [2.05, 4.69) is 0 Å². The molecule has 0 radical (unpaired) electrons. The minimum Gasteiger partial charge on any atom is -0.481 e. The minimum absolute atomic E-state index is 0.00694. The van der Waals surface area contributed by atoms with Crippen LogP contribution in [0.5, 0.6) is 0 Å². The van der Waals surface area contributed by atoms with Crippen LogP contribution in [0.4, 0.5) is 0 Å². The van der Waals surface area contributed by atoms with Crippen LogP contribution in [0.15, 0.2) is 0 Å². The molecule has 1 unspecified atom stereocenters. The van der Waals surface area contributed by atoms with Crippen molar-refractivity contribution in [3.8, 4) is 0 Å². The molecule has 1 fully saturated rings. The Labute approximate surface area is 102 Å². The van der Waals surface area contributed by atoms with Crippen LogP contribution in [0.3, 0.4) is 0 Å². The van der Waals surface area contributed by atoms with Crippen LogP contribution < -0.4 is 0 Å². The van der Waals surface area contributed by atoms with Gasteiger partial charge in [0.1, 0.15) is 0 Å². The van der Waals surface area contributed by atoms with Crippen molar-refractivity contribution in [2.75, 3.05) is 53.9 Å². The fourth-order valence-electron chi connectivity index (χ4n) is 1.85. The highest BCUT2D eigenvalue weighted by Crippen LogP contribution is 2.09. The first-order valence-corrected chi connectivity index (χ1v) is 5.74. The van der Waals surface area contributed by atoms with Crippen molar-refractivity contribution >= 4 is 11.9 Å². The van der Waals surface area contributed by atoms with Gasteiger partial charge in [0.2, 0.25) is 5.91 Å². The SMILES string of the molecule is CN(C)CCN1CC(=O)N(C)CC(C(=O)O)C1. The average Bonchev–Trinajstić information content (AvgIpc) is 2.36. The molecule has 0 aromatic carbocycles. The van der Waals surface area contributed by atoms with Crippen LogP contribution >= 0.6 is 0 Å². The first-order valence-electron chi connectivity index (χ1n) is 5.74. The van der Waals surface area contributed by atoms with Crippen LogP contribution in [-0.2, 0) is 9.59 Å². The van der Waals surface area contributed by atoms with Gasteiger partial charge in [-0.15, -0.1) is 0 Å². The molecule has 0 aromatic rings. The fourth-order valence-corrected chi connectivity index (χ4v) is 1.85. The van der Waals surface area contributed by atoms with E-state index in [1.54, 1.807) is 7.05 Å². The summed E-state index contributed by atoms with van der Waals surface area (Å²) in [5.41, 5.74) is 0. The summed E-state index contributed by atoms with van der Waals surface area (Å²) >= 11 is 0. The van der Waals surface area contributed by atoms with Crippen LogP contribution in [-0.4, -0.2) is 85.5 Å². The molecular formula is C11H21N3O3. The van der Waals surface area contributed by atoms with E-state index in [1.165, 1.54) is 4.90 Å². The lowest BCUT2D eigenvalue weighted by Gasteiger charge is -2.22. The number of carbonyl (C=O) groups is 2. The van der Waals surface area contributed by atoms with Gasteiger partial charge in [0.25, 0.3) is 0 Å². The highest BCUT2D eigenvalue weighted by atomic mass is 16.4. The molecule has 6 nitrogen and oxygen atoms in total. The normalized spacial score (nSPS) is 22.9. The molecule has 17 heavy (non-hydrogen) atoms. The molecule has 0 saturated carbocycles. The summed E-state index contributed by atoms with van der Waals surface area (Å²) in [6.45, 7) is 2.60. The third-order valence-electron chi connectivity index (χ3n) is 2.97. The standard InChI is InChI=1S/C11H21N3O3/c1-12(2)4-5-14-7-9(11(16)17)6-13(3)10(15)8-14/h9H,4-8H2,1-3H3,(H,16,17). The summed E-state index contributed by atoms with van der Waals surface area (Å²) in [7, 11) is 5.58. The van der Waals surface area contributed by atoms with E-state index in [0.717, 1.165) is 13.1 Å². The van der Waals surface area contributed by atoms with Gasteiger partial charge in [-0.1, -0.05) is 0 Å². The summed E-state index contributed by atoms with van der Waals surface area (Å²) in [6.07, 6.45) is 0. The molecule has 0 aromatic heterocycles. The molecule has 1 heterocycles. The Balaban J connectivity index is 2.63. The molecule has 1 N–H and O–H groups in total. The molecule has 6 heteroatoms. The monoisotopic (exact) mass is 243 g/mol. The van der Waals surface area contributed by atoms with Crippen LogP contribution in [0.2, 0.25) is 0 Å². The number of hydrogen-bond donors (Lipinski definition) is 1. The summed E-state index contributed by atoms with van der Waals surface area (Å²) in [4.78, 5) is 28.2. The van der Waals surface area contributed by atoms with Crippen molar-refractivity contribution in [1.82, 2.24) is 14.7 Å². The average molecular weight is 243 g/mol. The molecule has 0 spiro atoms. The second-order valence-corrected chi connectivity index (χ2v) is 4.85. The highest BCUT2D eigenvalue weighted by Gasteiger charge is 2.29. The van der Waals surface area contributed by atoms with Crippen molar-refractivity contribution in [2.24, 2.45) is 5.92 Å². The minimum atomic E-state index is -0.832. The maximum atomic E-state index is 11.7. The first kappa shape index (κ1) is 13.9. The van der Waals surface area contributed by atoms with Gasteiger partial charge in [0.05, 0.1) is 12.5 Å². The van der Waals surface area contributed by atoms with Gasteiger partial charge in [-0.2, -0.15) is 0 Å². The molecule has 1 rings (SSSR count). The largest absolute Gasteiger partial charge is 0.481 e. The van der Waals surface area contributed by atoms with Crippen LogP contribution in [0.25, 0.3) is 0 Å². The van der Waals surface area contributed by atoms with Crippen molar-refractivity contribution in [1.29, 1.82) is 0 Å². The molecule has 0 bridgehead atoms. The predicted molar refractivity (Wildman–Crippen MR) is 63.8 cm³/mol. The molecule has 1 amide bonds. The van der Waals surface area contributed by atoms with Crippen molar-refractivity contribution < 1.29 is 14.7 Å². The Morgan fingerprint density at radius 2 is 2.12 bits per heavy atom. The summed E-state index contributed by atoms with van der Waals surface area (Å²) in [5, 5.41) is 9.09. The molecule has 98 valence electrons. The van der Waals surface area contributed by atoms with E-state index in [4.69, 9.17) is 5.11 Å². The number of amides is 1. The van der Waals surface area contributed by atoms with E-state index in [1.807, 2.05) is 23.9 Å². The topological polar surface area (TPSA) is 64.1 Å². The van der Waals surface area contributed by atoms with Crippen molar-refractivity contribution in [3.05, 3.63) is 0 Å². The van der Waals surface area contributed by atoms with Gasteiger partial charge in [-0.05, 0) is 14.1 Å². The van der Waals surface area contributed by atoms with E-state index in [9.17, 15) is 9.59 Å².